The predicted molar refractivity (Wildman–Crippen MR) is 47.9 cm³/mol. The summed E-state index contributed by atoms with van der Waals surface area (Å²) in [5.74, 6) is 0. The lowest BCUT2D eigenvalue weighted by Gasteiger charge is -1.96. The Bertz CT molecular complexity index is 169. The van der Waals surface area contributed by atoms with Gasteiger partial charge in [0.2, 0.25) is 0 Å². The molecule has 0 saturated carbocycles. The summed E-state index contributed by atoms with van der Waals surface area (Å²) in [6.45, 7) is 0. The predicted octanol–water partition coefficient (Wildman–Crippen LogP) is 2.76. The van der Waals surface area contributed by atoms with Crippen LogP contribution in [-0.2, 0) is 6.42 Å². The van der Waals surface area contributed by atoms with Crippen molar-refractivity contribution in [2.75, 3.05) is 6.16 Å². The van der Waals surface area contributed by atoms with E-state index in [9.17, 15) is 0 Å². The van der Waals surface area contributed by atoms with E-state index < -0.39 is 0 Å². The van der Waals surface area contributed by atoms with Crippen LogP contribution in [0.15, 0.2) is 30.3 Å². The van der Waals surface area contributed by atoms with Gasteiger partial charge in [-0.2, -0.15) is 0 Å². The summed E-state index contributed by atoms with van der Waals surface area (Å²) in [7, 11) is 3.45. The average molecular weight is 151 g/mol. The fourth-order valence-corrected chi connectivity index (χ4v) is 1.11. The smallest absolute Gasteiger partial charge is 0.0275 e. The molecule has 0 aromatic heterocycles. The molecule has 0 amide bonds. The summed E-state index contributed by atoms with van der Waals surface area (Å²) in [5.41, 5.74) is 1.43. The molecule has 1 rings (SSSR count). The number of aryl methyl sites for hydroxylation is 1. The highest BCUT2D eigenvalue weighted by molar-refractivity contribution is 7.16. The molecule has 0 aliphatic rings. The van der Waals surface area contributed by atoms with Crippen LogP contribution in [0.5, 0.6) is 0 Å². The normalized spacial score (nSPS) is 9.70. The van der Waals surface area contributed by atoms with Gasteiger partial charge < -0.3 is 0 Å². The number of benzene rings is 1. The average Bonchev–Trinajstić information content (AvgIpc) is 2.03. The van der Waals surface area contributed by atoms with Crippen molar-refractivity contribution in [1.29, 1.82) is 0 Å². The van der Waals surface area contributed by atoms with Crippen molar-refractivity contribution in [2.24, 2.45) is 0 Å². The molecule has 1 aromatic carbocycles. The fraction of sp³-hybridized carbons (Fsp3) is 0.333. The van der Waals surface area contributed by atoms with Crippen molar-refractivity contribution in [2.45, 2.75) is 12.8 Å². The lowest BCUT2D eigenvalue weighted by Crippen LogP contribution is -1.83. The molecule has 0 fully saturated rings. The molecule has 0 aliphatic carbocycles. The summed E-state index contributed by atoms with van der Waals surface area (Å²) in [6, 6.07) is 10.6. The lowest BCUT2D eigenvalue weighted by atomic mass is 10.1. The van der Waals surface area contributed by atoms with Gasteiger partial charge in [-0.25, -0.2) is 0 Å². The molecular formula is C9H12P. The first-order valence-corrected chi connectivity index (χ1v) is 4.32. The van der Waals surface area contributed by atoms with Gasteiger partial charge in [0.05, 0.1) is 0 Å². The van der Waals surface area contributed by atoms with Crippen LogP contribution in [0, 0.1) is 0 Å². The van der Waals surface area contributed by atoms with Crippen LogP contribution in [0.1, 0.15) is 12.0 Å². The van der Waals surface area contributed by atoms with Crippen LogP contribution >= 0.6 is 9.24 Å². The van der Waals surface area contributed by atoms with Crippen molar-refractivity contribution in [3.8, 4) is 0 Å². The molecule has 1 radical (unpaired) electrons. The third kappa shape index (κ3) is 2.49. The summed E-state index contributed by atoms with van der Waals surface area (Å²) in [5, 5.41) is 0. The maximum atomic E-state index is 3.45. The van der Waals surface area contributed by atoms with Gasteiger partial charge in [-0.1, -0.05) is 39.6 Å². The Hall–Kier alpha value is -0.350. The zero-order chi connectivity index (χ0) is 7.23. The zero-order valence-electron chi connectivity index (χ0n) is 6.01. The molecule has 10 heavy (non-hydrogen) atoms. The molecule has 0 N–H and O–H groups in total. The maximum Gasteiger partial charge on any atom is -0.0275 e. The zero-order valence-corrected chi connectivity index (χ0v) is 7.01. The third-order valence-corrected chi connectivity index (χ3v) is 1.84. The minimum Gasteiger partial charge on any atom is -0.0992 e. The quantitative estimate of drug-likeness (QED) is 0.583. The molecule has 0 unspecified atom stereocenters. The maximum absolute atomic E-state index is 3.45. The molecule has 53 valence electrons. The fourth-order valence-electron chi connectivity index (χ4n) is 0.937. The van der Waals surface area contributed by atoms with E-state index in [4.69, 9.17) is 0 Å². The standard InChI is InChI=1S/C9H12P/c10-8-4-7-9-5-2-1-3-6-9/h1-3,5-6,10H,4,7-8H2. The highest BCUT2D eigenvalue weighted by Crippen LogP contribution is 2.02. The molecule has 0 heterocycles. The first kappa shape index (κ1) is 7.75. The van der Waals surface area contributed by atoms with Crippen LogP contribution in [0.3, 0.4) is 0 Å². The van der Waals surface area contributed by atoms with Crippen molar-refractivity contribution in [1.82, 2.24) is 0 Å². The highest BCUT2D eigenvalue weighted by atomic mass is 31.0. The number of rotatable bonds is 3. The molecule has 0 saturated heterocycles. The van der Waals surface area contributed by atoms with E-state index in [1.54, 1.807) is 0 Å². The number of hydrogen-bond donors (Lipinski definition) is 0. The third-order valence-electron chi connectivity index (χ3n) is 1.49. The van der Waals surface area contributed by atoms with Crippen molar-refractivity contribution in [3.63, 3.8) is 0 Å². The van der Waals surface area contributed by atoms with E-state index in [0.29, 0.717) is 0 Å². The van der Waals surface area contributed by atoms with Gasteiger partial charge >= 0.3 is 0 Å². The molecule has 0 atom stereocenters. The summed E-state index contributed by atoms with van der Waals surface area (Å²) < 4.78 is 0. The first-order valence-electron chi connectivity index (χ1n) is 3.62. The minimum atomic E-state index is 1.09. The Morgan fingerprint density at radius 1 is 1.10 bits per heavy atom. The molecule has 0 nitrogen and oxygen atoms in total. The second-order valence-corrected chi connectivity index (χ2v) is 2.84. The molecule has 0 bridgehead atoms. The summed E-state index contributed by atoms with van der Waals surface area (Å²) >= 11 is 0. The molecular weight excluding hydrogens is 139 g/mol. The lowest BCUT2D eigenvalue weighted by molar-refractivity contribution is 0.934. The van der Waals surface area contributed by atoms with E-state index in [-0.39, 0.29) is 0 Å². The molecule has 0 aliphatic heterocycles. The van der Waals surface area contributed by atoms with Crippen LogP contribution in [0.25, 0.3) is 0 Å². The molecule has 0 spiro atoms. The van der Waals surface area contributed by atoms with Gasteiger partial charge in [-0.15, -0.1) is 0 Å². The van der Waals surface area contributed by atoms with Gasteiger partial charge in [0, 0.05) is 0 Å². The Kier molecular flexibility index (Phi) is 3.46. The Labute approximate surface area is 64.9 Å². The van der Waals surface area contributed by atoms with E-state index in [1.807, 2.05) is 0 Å². The topological polar surface area (TPSA) is 0 Å². The van der Waals surface area contributed by atoms with E-state index >= 15 is 0 Å². The van der Waals surface area contributed by atoms with Crippen molar-refractivity contribution < 1.29 is 0 Å². The minimum absolute atomic E-state index is 1.09. The first-order chi connectivity index (χ1) is 4.93. The Morgan fingerprint density at radius 3 is 2.40 bits per heavy atom. The molecule has 1 aromatic rings. The molecule has 1 heteroatoms. The van der Waals surface area contributed by atoms with E-state index in [2.05, 4.69) is 39.6 Å². The van der Waals surface area contributed by atoms with Crippen LogP contribution in [0.2, 0.25) is 0 Å². The van der Waals surface area contributed by atoms with Gasteiger partial charge in [0.1, 0.15) is 0 Å². The van der Waals surface area contributed by atoms with Crippen molar-refractivity contribution in [3.05, 3.63) is 35.9 Å². The van der Waals surface area contributed by atoms with Crippen molar-refractivity contribution >= 4 is 9.24 Å². The van der Waals surface area contributed by atoms with E-state index in [1.165, 1.54) is 18.4 Å². The van der Waals surface area contributed by atoms with E-state index in [0.717, 1.165) is 6.16 Å². The summed E-state index contributed by atoms with van der Waals surface area (Å²) in [6.07, 6.45) is 3.50. The Morgan fingerprint density at radius 2 is 1.80 bits per heavy atom. The largest absolute Gasteiger partial charge is 0.0992 e. The van der Waals surface area contributed by atoms with Gasteiger partial charge in [0.15, 0.2) is 0 Å². The van der Waals surface area contributed by atoms with Crippen LogP contribution in [-0.4, -0.2) is 6.16 Å². The van der Waals surface area contributed by atoms with Gasteiger partial charge in [-0.3, -0.25) is 0 Å². The number of hydrogen-bond acceptors (Lipinski definition) is 0. The summed E-state index contributed by atoms with van der Waals surface area (Å²) in [4.78, 5) is 0. The van der Waals surface area contributed by atoms with Crippen LogP contribution < -0.4 is 0 Å². The monoisotopic (exact) mass is 151 g/mol. The SMILES string of the molecule is [PH]CCCc1ccccc1. The second-order valence-electron chi connectivity index (χ2n) is 2.34. The van der Waals surface area contributed by atoms with Gasteiger partial charge in [0.25, 0.3) is 0 Å². The Balaban J connectivity index is 2.43. The second kappa shape index (κ2) is 4.46. The van der Waals surface area contributed by atoms with Gasteiger partial charge in [-0.05, 0) is 24.6 Å². The van der Waals surface area contributed by atoms with Crippen LogP contribution in [0.4, 0.5) is 0 Å². The highest BCUT2D eigenvalue weighted by Gasteiger charge is 1.87.